The number of carboxylic acid groups (broad SMARTS) is 1. The number of hydrogen-bond acceptors (Lipinski definition) is 4. The average molecular weight is 427 g/mol. The summed E-state index contributed by atoms with van der Waals surface area (Å²) in [6.45, 7) is 4.09. The number of carboxylic acids is 1. The van der Waals surface area contributed by atoms with Crippen LogP contribution in [0.15, 0.2) is 22.7 Å². The van der Waals surface area contributed by atoms with Gasteiger partial charge in [0.2, 0.25) is 11.8 Å². The van der Waals surface area contributed by atoms with Gasteiger partial charge in [-0.05, 0) is 40.5 Å². The summed E-state index contributed by atoms with van der Waals surface area (Å²) in [4.78, 5) is 38.0. The van der Waals surface area contributed by atoms with Crippen molar-refractivity contribution in [1.29, 1.82) is 0 Å². The summed E-state index contributed by atoms with van der Waals surface area (Å²) < 4.78 is 6.51. The first-order valence-electron chi connectivity index (χ1n) is 8.53. The van der Waals surface area contributed by atoms with Crippen LogP contribution in [0.4, 0.5) is 0 Å². The van der Waals surface area contributed by atoms with Gasteiger partial charge in [0.1, 0.15) is 5.75 Å². The monoisotopic (exact) mass is 426 g/mol. The zero-order chi connectivity index (χ0) is 19.1. The molecule has 26 heavy (non-hydrogen) atoms. The van der Waals surface area contributed by atoms with Crippen molar-refractivity contribution in [3.8, 4) is 5.75 Å². The molecule has 1 saturated heterocycles. The summed E-state index contributed by atoms with van der Waals surface area (Å²) in [6.07, 6.45) is 0.111. The van der Waals surface area contributed by atoms with Crippen LogP contribution in [0.3, 0.4) is 0 Å². The molecule has 0 saturated carbocycles. The summed E-state index contributed by atoms with van der Waals surface area (Å²) in [6, 6.07) is 5.77. The van der Waals surface area contributed by atoms with Crippen LogP contribution in [0.1, 0.15) is 24.8 Å². The number of rotatable bonds is 7. The number of benzene rings is 1. The van der Waals surface area contributed by atoms with E-state index in [4.69, 9.17) is 9.84 Å². The highest BCUT2D eigenvalue weighted by atomic mass is 79.9. The molecule has 0 unspecified atom stereocenters. The van der Waals surface area contributed by atoms with E-state index in [9.17, 15) is 14.4 Å². The van der Waals surface area contributed by atoms with Crippen LogP contribution < -0.4 is 4.74 Å². The summed E-state index contributed by atoms with van der Waals surface area (Å²) in [5, 5.41) is 8.63. The van der Waals surface area contributed by atoms with E-state index in [2.05, 4.69) is 15.9 Å². The fourth-order valence-electron chi connectivity index (χ4n) is 2.71. The van der Waals surface area contributed by atoms with Gasteiger partial charge in [0.15, 0.2) is 0 Å². The number of halogens is 1. The molecule has 1 aromatic rings. The fraction of sp³-hybridized carbons (Fsp3) is 0.500. The van der Waals surface area contributed by atoms with Crippen molar-refractivity contribution in [2.75, 3.05) is 32.8 Å². The van der Waals surface area contributed by atoms with Gasteiger partial charge in [-0.15, -0.1) is 0 Å². The Balaban J connectivity index is 1.71. The minimum Gasteiger partial charge on any atom is -0.492 e. The molecule has 1 heterocycles. The SMILES string of the molecule is Cc1ccc(OCCC(=O)N2CCN(C(=O)CCC(=O)O)CC2)c(Br)c1. The molecule has 0 atom stereocenters. The molecule has 2 rings (SSSR count). The van der Waals surface area contributed by atoms with Gasteiger partial charge in [0.05, 0.1) is 23.9 Å². The Kier molecular flexibility index (Phi) is 7.44. The first-order valence-corrected chi connectivity index (χ1v) is 9.32. The molecule has 0 bridgehead atoms. The molecule has 7 nitrogen and oxygen atoms in total. The summed E-state index contributed by atoms with van der Waals surface area (Å²) in [5.74, 6) is -0.456. The van der Waals surface area contributed by atoms with E-state index >= 15 is 0 Å². The Morgan fingerprint density at radius 3 is 2.15 bits per heavy atom. The Hall–Kier alpha value is -2.09. The Bertz CT molecular complexity index is 672. The van der Waals surface area contributed by atoms with Crippen molar-refractivity contribution in [1.82, 2.24) is 9.80 Å². The second-order valence-corrected chi connectivity index (χ2v) is 7.04. The molecule has 1 aliphatic heterocycles. The number of hydrogen-bond donors (Lipinski definition) is 1. The van der Waals surface area contributed by atoms with Crippen LogP contribution in [-0.2, 0) is 14.4 Å². The molecule has 1 aliphatic rings. The van der Waals surface area contributed by atoms with Gasteiger partial charge in [0, 0.05) is 32.6 Å². The Morgan fingerprint density at radius 1 is 1.04 bits per heavy atom. The zero-order valence-electron chi connectivity index (χ0n) is 14.7. The molecule has 1 N–H and O–H groups in total. The van der Waals surface area contributed by atoms with Crippen LogP contribution in [0, 0.1) is 6.92 Å². The van der Waals surface area contributed by atoms with Crippen molar-refractivity contribution >= 4 is 33.7 Å². The number of ether oxygens (including phenoxy) is 1. The predicted molar refractivity (Wildman–Crippen MR) is 99.0 cm³/mol. The highest BCUT2D eigenvalue weighted by Crippen LogP contribution is 2.25. The molecule has 8 heteroatoms. The van der Waals surface area contributed by atoms with E-state index in [1.54, 1.807) is 9.80 Å². The second-order valence-electron chi connectivity index (χ2n) is 6.19. The molecule has 0 aliphatic carbocycles. The highest BCUT2D eigenvalue weighted by Gasteiger charge is 2.24. The maximum atomic E-state index is 12.3. The normalized spacial score (nSPS) is 14.2. The molecular weight excluding hydrogens is 404 g/mol. The first kappa shape index (κ1) is 20.2. The maximum Gasteiger partial charge on any atom is 0.303 e. The predicted octanol–water partition coefficient (Wildman–Crippen LogP) is 2.06. The maximum absolute atomic E-state index is 12.3. The minimum atomic E-state index is -0.979. The number of piperazine rings is 1. The van der Waals surface area contributed by atoms with Crippen molar-refractivity contribution in [3.63, 3.8) is 0 Å². The molecule has 0 aromatic heterocycles. The van der Waals surface area contributed by atoms with Gasteiger partial charge in [-0.3, -0.25) is 14.4 Å². The summed E-state index contributed by atoms with van der Waals surface area (Å²) in [7, 11) is 0. The largest absolute Gasteiger partial charge is 0.492 e. The van der Waals surface area contributed by atoms with Gasteiger partial charge in [-0.1, -0.05) is 6.07 Å². The third-order valence-corrected chi connectivity index (χ3v) is 4.82. The lowest BCUT2D eigenvalue weighted by Gasteiger charge is -2.34. The van der Waals surface area contributed by atoms with E-state index in [1.165, 1.54) is 0 Å². The van der Waals surface area contributed by atoms with Crippen molar-refractivity contribution < 1.29 is 24.2 Å². The highest BCUT2D eigenvalue weighted by molar-refractivity contribution is 9.10. The van der Waals surface area contributed by atoms with E-state index in [0.717, 1.165) is 10.0 Å². The summed E-state index contributed by atoms with van der Waals surface area (Å²) >= 11 is 3.44. The lowest BCUT2D eigenvalue weighted by molar-refractivity contribution is -0.143. The molecule has 0 radical (unpaired) electrons. The third-order valence-electron chi connectivity index (χ3n) is 4.20. The van der Waals surface area contributed by atoms with Crippen LogP contribution in [0.5, 0.6) is 5.75 Å². The van der Waals surface area contributed by atoms with Gasteiger partial charge >= 0.3 is 5.97 Å². The number of carbonyl (C=O) groups excluding carboxylic acids is 2. The number of nitrogens with zero attached hydrogens (tertiary/aromatic N) is 2. The molecule has 142 valence electrons. The quantitative estimate of drug-likeness (QED) is 0.720. The molecule has 0 spiro atoms. The lowest BCUT2D eigenvalue weighted by Crippen LogP contribution is -2.50. The van der Waals surface area contributed by atoms with Gasteiger partial charge in [-0.25, -0.2) is 0 Å². The molecular formula is C18H23BrN2O5. The third kappa shape index (κ3) is 6.01. The van der Waals surface area contributed by atoms with Gasteiger partial charge in [-0.2, -0.15) is 0 Å². The first-order chi connectivity index (χ1) is 12.4. The number of aryl methyl sites for hydroxylation is 1. The van der Waals surface area contributed by atoms with Gasteiger partial charge in [0.25, 0.3) is 0 Å². The van der Waals surface area contributed by atoms with E-state index in [0.29, 0.717) is 31.9 Å². The van der Waals surface area contributed by atoms with Crippen molar-refractivity contribution in [3.05, 3.63) is 28.2 Å². The molecule has 1 aromatic carbocycles. The second kappa shape index (κ2) is 9.56. The van der Waals surface area contributed by atoms with E-state index in [1.807, 2.05) is 25.1 Å². The van der Waals surface area contributed by atoms with Crippen molar-refractivity contribution in [2.45, 2.75) is 26.2 Å². The standard InChI is InChI=1S/C18H23BrN2O5/c1-13-2-3-15(14(19)12-13)26-11-6-17(23)21-9-7-20(8-10-21)16(22)4-5-18(24)25/h2-3,12H,4-11H2,1H3,(H,24,25). The van der Waals surface area contributed by atoms with Gasteiger partial charge < -0.3 is 19.6 Å². The zero-order valence-corrected chi connectivity index (χ0v) is 16.3. The molecule has 1 fully saturated rings. The Labute approximate surface area is 161 Å². The number of aliphatic carboxylic acids is 1. The van der Waals surface area contributed by atoms with Crippen LogP contribution in [0.25, 0.3) is 0 Å². The molecule has 2 amide bonds. The van der Waals surface area contributed by atoms with Crippen molar-refractivity contribution in [2.24, 2.45) is 0 Å². The van der Waals surface area contributed by atoms with E-state index < -0.39 is 5.97 Å². The number of amides is 2. The fourth-order valence-corrected chi connectivity index (χ4v) is 3.31. The summed E-state index contributed by atoms with van der Waals surface area (Å²) in [5.41, 5.74) is 1.12. The van der Waals surface area contributed by atoms with Crippen LogP contribution >= 0.6 is 15.9 Å². The van der Waals surface area contributed by atoms with Crippen LogP contribution in [0.2, 0.25) is 0 Å². The van der Waals surface area contributed by atoms with Crippen LogP contribution in [-0.4, -0.2) is 65.5 Å². The topological polar surface area (TPSA) is 87.2 Å². The lowest BCUT2D eigenvalue weighted by atomic mass is 10.2. The number of carbonyl (C=O) groups is 3. The smallest absolute Gasteiger partial charge is 0.303 e. The minimum absolute atomic E-state index is 0.00253. The average Bonchev–Trinajstić information content (AvgIpc) is 2.61. The van der Waals surface area contributed by atoms with E-state index in [-0.39, 0.29) is 37.7 Å². The Morgan fingerprint density at radius 2 is 1.62 bits per heavy atom.